The highest BCUT2D eigenvalue weighted by Gasteiger charge is 2.35. The summed E-state index contributed by atoms with van der Waals surface area (Å²) in [6, 6.07) is 8.77. The van der Waals surface area contributed by atoms with Gasteiger partial charge >= 0.3 is 6.18 Å². The third kappa shape index (κ3) is 5.33. The molecule has 2 aromatic carbocycles. The second-order valence-electron chi connectivity index (χ2n) is 5.40. The fourth-order valence-electron chi connectivity index (χ4n) is 2.25. The monoisotopic (exact) mass is 383 g/mol. The lowest BCUT2D eigenvalue weighted by atomic mass is 10.1. The van der Waals surface area contributed by atoms with Crippen molar-refractivity contribution in [2.24, 2.45) is 0 Å². The van der Waals surface area contributed by atoms with E-state index in [1.807, 2.05) is 0 Å². The van der Waals surface area contributed by atoms with Crippen molar-refractivity contribution in [1.82, 2.24) is 5.32 Å². The van der Waals surface area contributed by atoms with Crippen LogP contribution in [0.15, 0.2) is 42.5 Å². The largest absolute Gasteiger partial charge is 0.497 e. The quantitative estimate of drug-likeness (QED) is 0.434. The highest BCUT2D eigenvalue weighted by atomic mass is 19.4. The number of benzene rings is 2. The summed E-state index contributed by atoms with van der Waals surface area (Å²) in [4.78, 5) is 21.7. The van der Waals surface area contributed by atoms with Crippen LogP contribution >= 0.6 is 0 Å². The summed E-state index contributed by atoms with van der Waals surface area (Å²) >= 11 is 0. The van der Waals surface area contributed by atoms with Crippen molar-refractivity contribution in [3.05, 3.63) is 63.7 Å². The molecule has 0 bridgehead atoms. The smallest absolute Gasteiger partial charge is 0.418 e. The molecule has 0 heterocycles. The van der Waals surface area contributed by atoms with E-state index in [2.05, 4.69) is 10.6 Å². The molecule has 0 fully saturated rings. The molecule has 2 aromatic rings. The maximum atomic E-state index is 13.1. The molecule has 0 aliphatic rings. The van der Waals surface area contributed by atoms with E-state index in [0.717, 1.165) is 12.1 Å². The normalized spacial score (nSPS) is 11.0. The number of nitrogens with one attached hydrogen (secondary N) is 2. The molecular weight excluding hydrogens is 367 g/mol. The molecule has 0 atom stereocenters. The van der Waals surface area contributed by atoms with Gasteiger partial charge < -0.3 is 15.4 Å². The summed E-state index contributed by atoms with van der Waals surface area (Å²) in [5, 5.41) is 15.8. The molecule has 7 nitrogen and oxygen atoms in total. The molecule has 2 rings (SSSR count). The molecule has 0 aromatic heterocycles. The van der Waals surface area contributed by atoms with E-state index in [4.69, 9.17) is 4.74 Å². The summed E-state index contributed by atoms with van der Waals surface area (Å²) < 4.78 is 44.2. The topological polar surface area (TPSA) is 93.5 Å². The van der Waals surface area contributed by atoms with Crippen LogP contribution in [0, 0.1) is 10.1 Å². The van der Waals surface area contributed by atoms with E-state index in [1.54, 1.807) is 24.3 Å². The van der Waals surface area contributed by atoms with Crippen LogP contribution in [0.4, 0.5) is 24.5 Å². The summed E-state index contributed by atoms with van der Waals surface area (Å²) in [5.74, 6) is 0.199. The number of rotatable bonds is 7. The summed E-state index contributed by atoms with van der Waals surface area (Å²) in [6.07, 6.45) is -4.75. The Kier molecular flexibility index (Phi) is 6.22. The number of nitro groups is 1. The number of non-ortho nitro benzene ring substituents is 1. The fraction of sp³-hybridized carbons (Fsp3) is 0.235. The van der Waals surface area contributed by atoms with Crippen molar-refractivity contribution in [2.75, 3.05) is 25.5 Å². The van der Waals surface area contributed by atoms with Gasteiger partial charge in [0, 0.05) is 36.5 Å². The first-order valence-corrected chi connectivity index (χ1v) is 7.74. The lowest BCUT2D eigenvalue weighted by molar-refractivity contribution is -0.385. The number of nitro benzene ring substituents is 1. The van der Waals surface area contributed by atoms with Crippen molar-refractivity contribution in [1.29, 1.82) is 0 Å². The molecule has 0 saturated carbocycles. The van der Waals surface area contributed by atoms with Gasteiger partial charge in [0.25, 0.3) is 11.6 Å². The maximum absolute atomic E-state index is 13.1. The van der Waals surface area contributed by atoms with Crippen LogP contribution in [0.3, 0.4) is 0 Å². The number of amides is 1. The molecule has 0 aliphatic carbocycles. The van der Waals surface area contributed by atoms with Crippen LogP contribution < -0.4 is 15.4 Å². The number of carbonyl (C=O) groups excluding carboxylic acids is 1. The zero-order valence-corrected chi connectivity index (χ0v) is 14.2. The summed E-state index contributed by atoms with van der Waals surface area (Å²) in [6.45, 7) is 0.0575. The third-order valence-corrected chi connectivity index (χ3v) is 3.60. The molecule has 1 amide bonds. The van der Waals surface area contributed by atoms with Crippen molar-refractivity contribution in [3.63, 3.8) is 0 Å². The molecule has 0 unspecified atom stereocenters. The Balaban J connectivity index is 1.96. The average Bonchev–Trinajstić information content (AvgIpc) is 2.64. The van der Waals surface area contributed by atoms with Crippen LogP contribution in [0.2, 0.25) is 0 Å². The van der Waals surface area contributed by atoms with Gasteiger partial charge in [-0.25, -0.2) is 0 Å². The second-order valence-corrected chi connectivity index (χ2v) is 5.40. The zero-order chi connectivity index (χ0) is 20.0. The van der Waals surface area contributed by atoms with Crippen molar-refractivity contribution in [3.8, 4) is 5.75 Å². The van der Waals surface area contributed by atoms with Gasteiger partial charge in [-0.05, 0) is 30.3 Å². The average molecular weight is 383 g/mol. The van der Waals surface area contributed by atoms with Crippen molar-refractivity contribution >= 4 is 17.3 Å². The summed E-state index contributed by atoms with van der Waals surface area (Å²) in [5.41, 5.74) is -1.72. The zero-order valence-electron chi connectivity index (χ0n) is 14.2. The predicted octanol–water partition coefficient (Wildman–Crippen LogP) is 3.46. The minimum atomic E-state index is -4.75. The number of nitrogens with zero attached hydrogens (tertiary/aromatic N) is 1. The third-order valence-electron chi connectivity index (χ3n) is 3.60. The SMILES string of the molecule is COc1ccc(C(=O)NCCNc2ccc([N+](=O)[O-])cc2C(F)(F)F)cc1. The number of halogens is 3. The minimum absolute atomic E-state index is 0.00276. The highest BCUT2D eigenvalue weighted by molar-refractivity contribution is 5.94. The Morgan fingerprint density at radius 1 is 1.15 bits per heavy atom. The number of hydrogen-bond acceptors (Lipinski definition) is 5. The van der Waals surface area contributed by atoms with Crippen LogP contribution in [0.25, 0.3) is 0 Å². The number of ether oxygens (including phenoxy) is 1. The van der Waals surface area contributed by atoms with E-state index in [1.165, 1.54) is 7.11 Å². The highest BCUT2D eigenvalue weighted by Crippen LogP contribution is 2.36. The van der Waals surface area contributed by atoms with Crippen molar-refractivity contribution < 1.29 is 27.6 Å². The lowest BCUT2D eigenvalue weighted by Crippen LogP contribution is -2.29. The first kappa shape index (κ1) is 20.0. The Hall–Kier alpha value is -3.30. The lowest BCUT2D eigenvalue weighted by Gasteiger charge is -2.14. The van der Waals surface area contributed by atoms with Gasteiger partial charge in [0.15, 0.2) is 0 Å². The van der Waals surface area contributed by atoms with Crippen LogP contribution in [-0.4, -0.2) is 31.0 Å². The molecule has 2 N–H and O–H groups in total. The van der Waals surface area contributed by atoms with Gasteiger partial charge in [-0.15, -0.1) is 0 Å². The molecular formula is C17H16F3N3O4. The van der Waals surface area contributed by atoms with Crippen LogP contribution in [0.1, 0.15) is 15.9 Å². The van der Waals surface area contributed by atoms with Crippen LogP contribution in [-0.2, 0) is 6.18 Å². The number of alkyl halides is 3. The Labute approximate surface area is 152 Å². The number of methoxy groups -OCH3 is 1. The Bertz CT molecular complexity index is 823. The summed E-state index contributed by atoms with van der Waals surface area (Å²) in [7, 11) is 1.49. The number of hydrogen-bond donors (Lipinski definition) is 2. The van der Waals surface area contributed by atoms with Gasteiger partial charge in [-0.1, -0.05) is 0 Å². The second kappa shape index (κ2) is 8.39. The van der Waals surface area contributed by atoms with E-state index in [-0.39, 0.29) is 24.7 Å². The number of anilines is 1. The van der Waals surface area contributed by atoms with Gasteiger partial charge in [0.1, 0.15) is 5.75 Å². The van der Waals surface area contributed by atoms with Gasteiger partial charge in [0.2, 0.25) is 0 Å². The predicted molar refractivity (Wildman–Crippen MR) is 91.9 cm³/mol. The molecule has 0 saturated heterocycles. The fourth-order valence-corrected chi connectivity index (χ4v) is 2.25. The molecule has 10 heteroatoms. The van der Waals surface area contributed by atoms with E-state index in [9.17, 15) is 28.1 Å². The van der Waals surface area contributed by atoms with Gasteiger partial charge in [0.05, 0.1) is 17.6 Å². The van der Waals surface area contributed by atoms with Crippen molar-refractivity contribution in [2.45, 2.75) is 6.18 Å². The molecule has 0 radical (unpaired) electrons. The van der Waals surface area contributed by atoms with E-state index in [0.29, 0.717) is 17.4 Å². The minimum Gasteiger partial charge on any atom is -0.497 e. The van der Waals surface area contributed by atoms with E-state index >= 15 is 0 Å². The molecule has 0 aliphatic heterocycles. The first-order valence-electron chi connectivity index (χ1n) is 7.74. The van der Waals surface area contributed by atoms with Gasteiger partial charge in [-0.2, -0.15) is 13.2 Å². The molecule has 27 heavy (non-hydrogen) atoms. The Morgan fingerprint density at radius 3 is 2.37 bits per heavy atom. The van der Waals surface area contributed by atoms with Gasteiger partial charge in [-0.3, -0.25) is 14.9 Å². The van der Waals surface area contributed by atoms with E-state index < -0.39 is 22.4 Å². The first-order chi connectivity index (χ1) is 12.7. The maximum Gasteiger partial charge on any atom is 0.418 e. The molecule has 0 spiro atoms. The Morgan fingerprint density at radius 2 is 1.81 bits per heavy atom. The standard InChI is InChI=1S/C17H16F3N3O4/c1-27-13-5-2-11(3-6-13)16(24)22-9-8-21-15-7-4-12(23(25)26)10-14(15)17(18,19)20/h2-7,10,21H,8-9H2,1H3,(H,22,24). The number of carbonyl (C=O) groups is 1. The molecule has 144 valence electrons. The van der Waals surface area contributed by atoms with Crippen LogP contribution in [0.5, 0.6) is 5.75 Å².